The lowest BCUT2D eigenvalue weighted by atomic mass is 9.88. The van der Waals surface area contributed by atoms with Crippen molar-refractivity contribution in [1.29, 1.82) is 0 Å². The minimum atomic E-state index is -2.67. The van der Waals surface area contributed by atoms with Crippen LogP contribution in [0.25, 0.3) is 22.3 Å². The highest BCUT2D eigenvalue weighted by atomic mass is 32.2. The number of aliphatic hydroxyl groups excluding tert-OH is 6. The molecule has 7 rings (SSSR count). The van der Waals surface area contributed by atoms with Crippen LogP contribution in [0.4, 0.5) is 34.1 Å². The second kappa shape index (κ2) is 39.5. The van der Waals surface area contributed by atoms with Gasteiger partial charge in [-0.15, -0.1) is 0 Å². The zero-order valence-electron chi connectivity index (χ0n) is 58.8. The molecule has 12 atom stereocenters. The molecule has 46 heteroatoms. The Morgan fingerprint density at radius 2 is 0.759 bits per heavy atom. The summed E-state index contributed by atoms with van der Waals surface area (Å²) in [6.45, 7) is 0.0241. The SMILES string of the molecule is CC(=O)N[C@H]1[C@H]([C@H](O)[C@H](O)CNC(=O)c2ccc(-c3ccc([N+](=O)[O-])cc3[N+](=O)[O-])c([N+](=O)[O-])c2)O[C@@](OCCCSCCNC(=O)c2ccc(C(=O)NCCSCCCO[C@]3(C(=O)O)C[C@H](O)[C@@H](NC(C)=O)[C@H]([C@H](O)[C@H](O)CNC(=O)c4ccc(-c5ccc([N+](=O)[O-])cc5[N+](=O)[O-])c([N+](=O)[O-])c4)O3)cc2)(C(=O)O)C[C@@H]1O. The van der Waals surface area contributed by atoms with Gasteiger partial charge >= 0.3 is 11.9 Å². The van der Waals surface area contributed by atoms with Crippen molar-refractivity contribution in [2.75, 3.05) is 62.4 Å². The number of ether oxygens (including phenoxy) is 4. The molecule has 0 bridgehead atoms. The van der Waals surface area contributed by atoms with Crippen molar-refractivity contribution < 1.29 is 128 Å². The highest BCUT2D eigenvalue weighted by molar-refractivity contribution is 7.99. The number of hydrogen-bond acceptors (Lipinski definition) is 32. The molecule has 0 saturated carbocycles. The Hall–Kier alpha value is -11.4. The van der Waals surface area contributed by atoms with Crippen LogP contribution in [0, 0.1) is 60.7 Å². The number of nitrogens with zero attached hydrogens (tertiary/aromatic N) is 6. The molecule has 0 aromatic heterocycles. The van der Waals surface area contributed by atoms with Gasteiger partial charge in [-0.1, -0.05) is 0 Å². The highest BCUT2D eigenvalue weighted by Gasteiger charge is 2.57. The van der Waals surface area contributed by atoms with Gasteiger partial charge in [0.15, 0.2) is 0 Å². The number of carboxylic acids is 2. The fraction of sp³-hybridized carbons (Fsp3) is 0.424. The molecule has 2 aliphatic heterocycles. The first-order valence-electron chi connectivity index (χ1n) is 33.5. The number of nitrogens with one attached hydrogen (secondary N) is 6. The van der Waals surface area contributed by atoms with Gasteiger partial charge in [0.05, 0.1) is 114 Å². The first-order valence-corrected chi connectivity index (χ1v) is 35.8. The van der Waals surface area contributed by atoms with Crippen molar-refractivity contribution in [2.45, 2.75) is 112 Å². The number of hydrogen-bond donors (Lipinski definition) is 14. The number of carbonyl (C=O) groups is 8. The van der Waals surface area contributed by atoms with Crippen LogP contribution in [0.5, 0.6) is 0 Å². The molecule has 5 aromatic rings. The molecule has 112 heavy (non-hydrogen) atoms. The summed E-state index contributed by atoms with van der Waals surface area (Å²) in [6.07, 6.45) is -17.2. The van der Waals surface area contributed by atoms with E-state index in [0.717, 1.165) is 74.5 Å². The van der Waals surface area contributed by atoms with Crippen LogP contribution in [-0.2, 0) is 38.1 Å². The van der Waals surface area contributed by atoms with Crippen LogP contribution >= 0.6 is 23.5 Å². The zero-order valence-corrected chi connectivity index (χ0v) is 60.4. The number of nitro groups is 6. The number of amides is 6. The molecule has 14 N–H and O–H groups in total. The minimum absolute atomic E-state index is 0.152. The van der Waals surface area contributed by atoms with Crippen LogP contribution in [0.2, 0.25) is 0 Å². The van der Waals surface area contributed by atoms with Crippen LogP contribution in [-0.4, -0.2) is 253 Å². The number of nitro benzene ring substituents is 6. The summed E-state index contributed by atoms with van der Waals surface area (Å²) in [6, 6.07) is 12.8. The molecular formula is C66H74N12O32S2. The number of aliphatic hydroxyl groups is 6. The van der Waals surface area contributed by atoms with E-state index >= 15 is 0 Å². The normalized spacial score (nSPS) is 20.4. The van der Waals surface area contributed by atoms with E-state index in [1.54, 1.807) is 0 Å². The summed E-state index contributed by atoms with van der Waals surface area (Å²) in [5, 5.41) is 173. The molecule has 6 amide bonds. The van der Waals surface area contributed by atoms with E-state index in [9.17, 15) is 140 Å². The largest absolute Gasteiger partial charge is 0.477 e. The Kier molecular flexibility index (Phi) is 30.9. The van der Waals surface area contributed by atoms with Crippen LogP contribution in [0.15, 0.2) is 97.1 Å². The molecule has 602 valence electrons. The highest BCUT2D eigenvalue weighted by Crippen LogP contribution is 2.42. The zero-order chi connectivity index (χ0) is 82.6. The van der Waals surface area contributed by atoms with Gasteiger partial charge < -0.3 is 91.7 Å². The molecule has 0 radical (unpaired) electrons. The Labute approximate surface area is 638 Å². The lowest BCUT2D eigenvalue weighted by Gasteiger charge is -2.46. The number of aliphatic carboxylic acids is 2. The maximum absolute atomic E-state index is 13.3. The smallest absolute Gasteiger partial charge is 0.364 e. The summed E-state index contributed by atoms with van der Waals surface area (Å²) in [5.74, 6) is -12.2. The average Bonchev–Trinajstić information content (AvgIpc) is 0.770. The van der Waals surface area contributed by atoms with Crippen molar-refractivity contribution in [3.8, 4) is 22.3 Å². The van der Waals surface area contributed by atoms with Gasteiger partial charge in [0.2, 0.25) is 11.8 Å². The van der Waals surface area contributed by atoms with Crippen molar-refractivity contribution in [3.63, 3.8) is 0 Å². The third-order valence-corrected chi connectivity index (χ3v) is 19.4. The first-order chi connectivity index (χ1) is 52.9. The first kappa shape index (κ1) is 87.8. The second-order valence-corrected chi connectivity index (χ2v) is 27.4. The number of carbonyl (C=O) groups excluding carboxylic acids is 6. The van der Waals surface area contributed by atoms with Gasteiger partial charge in [-0.25, -0.2) is 9.59 Å². The van der Waals surface area contributed by atoms with E-state index in [2.05, 4.69) is 31.9 Å². The van der Waals surface area contributed by atoms with Crippen LogP contribution in [0.3, 0.4) is 0 Å². The predicted molar refractivity (Wildman–Crippen MR) is 386 cm³/mol. The van der Waals surface area contributed by atoms with Crippen molar-refractivity contribution in [3.05, 3.63) is 180 Å². The van der Waals surface area contributed by atoms with Gasteiger partial charge in [0, 0.05) is 111 Å². The number of rotatable bonds is 40. The summed E-state index contributed by atoms with van der Waals surface area (Å²) in [4.78, 5) is 167. The Morgan fingerprint density at radius 3 is 1.06 bits per heavy atom. The fourth-order valence-electron chi connectivity index (χ4n) is 11.8. The van der Waals surface area contributed by atoms with E-state index < -0.39 is 221 Å². The van der Waals surface area contributed by atoms with E-state index in [1.165, 1.54) is 47.8 Å². The van der Waals surface area contributed by atoms with Crippen molar-refractivity contribution in [2.24, 2.45) is 0 Å². The van der Waals surface area contributed by atoms with Gasteiger partial charge in [-0.05, 0) is 85.0 Å². The molecule has 2 saturated heterocycles. The minimum Gasteiger partial charge on any atom is -0.477 e. The van der Waals surface area contributed by atoms with Crippen LogP contribution in [0.1, 0.15) is 81.0 Å². The second-order valence-electron chi connectivity index (χ2n) is 24.9. The Morgan fingerprint density at radius 1 is 0.455 bits per heavy atom. The number of carboxylic acid groups (broad SMARTS) is 2. The van der Waals surface area contributed by atoms with E-state index in [-0.39, 0.29) is 72.5 Å². The van der Waals surface area contributed by atoms with Gasteiger partial charge in [0.25, 0.3) is 69.3 Å². The lowest BCUT2D eigenvalue weighted by molar-refractivity contribution is -0.394. The molecule has 0 unspecified atom stereocenters. The van der Waals surface area contributed by atoms with Gasteiger partial charge in [0.1, 0.15) is 24.4 Å². The summed E-state index contributed by atoms with van der Waals surface area (Å²) < 4.78 is 22.9. The van der Waals surface area contributed by atoms with Crippen molar-refractivity contribution in [1.82, 2.24) is 31.9 Å². The summed E-state index contributed by atoms with van der Waals surface area (Å²) >= 11 is 2.64. The monoisotopic (exact) mass is 1610 g/mol. The molecule has 0 spiro atoms. The van der Waals surface area contributed by atoms with Gasteiger partial charge in [-0.2, -0.15) is 23.5 Å². The fourth-order valence-corrected chi connectivity index (χ4v) is 13.3. The third kappa shape index (κ3) is 22.4. The molecule has 44 nitrogen and oxygen atoms in total. The van der Waals surface area contributed by atoms with E-state index in [1.807, 2.05) is 0 Å². The molecular weight excluding hydrogens is 1540 g/mol. The standard InChI is InChI=1S/C66H74N12O32S2/c1-33(79)71-53-49(81)29-65(63(91)92,109-57(53)55(85)51(83)31-69-61(89)37-9-13-41(45(25-37)75(99)100)43-15-11-39(73(95)96)27-47(43)77(103)104)107-19-3-21-111-23-17-67-59(87)35-5-7-36(8-6-35)60(88)68-18-24-112-22-4-20-108-66(64(93)94)30-50(82)54(72-34(2)80)58(110-66)56(86)52(84)32-70-62(90)38-10-14-42(46(26-38)76(101)102)44-16-12-40(74(97)98)28-48(44)78(105)106/h5-16,25-28,49-58,81-86H,3-4,17-24,29-32H2,1-2H3,(H,67,87)(H,68,88)(H,69,89)(H,70,90)(H,71,79)(H,72,80)(H,91,92)(H,93,94)/t49-,50-,51+,52+,53+,54+,55+,56+,57+,58+,65+,66+/m0/s1. The third-order valence-electron chi connectivity index (χ3n) is 17.2. The number of thioether (sulfide) groups is 2. The van der Waals surface area contributed by atoms with Crippen LogP contribution < -0.4 is 31.9 Å². The lowest BCUT2D eigenvalue weighted by Crippen LogP contribution is -2.68. The van der Waals surface area contributed by atoms with E-state index in [4.69, 9.17) is 18.9 Å². The molecule has 0 aliphatic carbocycles. The molecule has 2 heterocycles. The average molecular weight is 1610 g/mol. The summed E-state index contributed by atoms with van der Waals surface area (Å²) in [5.41, 5.74) is -6.70. The predicted octanol–water partition coefficient (Wildman–Crippen LogP) is 1.38. The number of benzene rings is 5. The maximum atomic E-state index is 13.3. The molecule has 5 aromatic carbocycles. The summed E-state index contributed by atoms with van der Waals surface area (Å²) in [7, 11) is 0. The molecule has 2 fully saturated rings. The Balaban J connectivity index is 0.812. The number of non-ortho nitro benzene ring substituents is 2. The molecule has 2 aliphatic rings. The maximum Gasteiger partial charge on any atom is 0.364 e. The van der Waals surface area contributed by atoms with Crippen molar-refractivity contribution >= 4 is 105 Å². The van der Waals surface area contributed by atoms with E-state index in [0.29, 0.717) is 35.1 Å². The quantitative estimate of drug-likeness (QED) is 0.0150. The Bertz CT molecular complexity index is 4140. The van der Waals surface area contributed by atoms with Gasteiger partial charge in [-0.3, -0.25) is 89.5 Å². The topological polar surface area (TPSA) is 666 Å².